The SMILES string of the molecule is COC(=O)c1ccc(N(CCNC(=O)C2CCOCC2)S(C)(=O)=O)cc1. The molecule has 0 atom stereocenters. The van der Waals surface area contributed by atoms with Crippen molar-refractivity contribution in [1.29, 1.82) is 0 Å². The number of nitrogens with zero attached hydrogens (tertiary/aromatic N) is 1. The summed E-state index contributed by atoms with van der Waals surface area (Å²) in [6, 6.07) is 6.07. The number of rotatable bonds is 7. The molecule has 1 aromatic carbocycles. The fourth-order valence-electron chi connectivity index (χ4n) is 2.75. The van der Waals surface area contributed by atoms with Crippen molar-refractivity contribution in [1.82, 2.24) is 5.32 Å². The van der Waals surface area contributed by atoms with Crippen molar-refractivity contribution in [2.45, 2.75) is 12.8 Å². The summed E-state index contributed by atoms with van der Waals surface area (Å²) in [4.78, 5) is 23.6. The van der Waals surface area contributed by atoms with Gasteiger partial charge in [-0.15, -0.1) is 0 Å². The molecule has 1 heterocycles. The highest BCUT2D eigenvalue weighted by Gasteiger charge is 2.22. The molecule has 144 valence electrons. The number of nitrogens with one attached hydrogen (secondary N) is 1. The summed E-state index contributed by atoms with van der Waals surface area (Å²) in [7, 11) is -2.26. The maximum atomic E-state index is 12.1. The zero-order chi connectivity index (χ0) is 19.2. The highest BCUT2D eigenvalue weighted by molar-refractivity contribution is 7.92. The number of esters is 1. The van der Waals surface area contributed by atoms with E-state index in [-0.39, 0.29) is 24.9 Å². The van der Waals surface area contributed by atoms with Gasteiger partial charge in [-0.3, -0.25) is 9.10 Å². The third kappa shape index (κ3) is 5.43. The summed E-state index contributed by atoms with van der Waals surface area (Å²) >= 11 is 0. The van der Waals surface area contributed by atoms with Crippen molar-refractivity contribution in [2.24, 2.45) is 5.92 Å². The van der Waals surface area contributed by atoms with Gasteiger partial charge in [0.1, 0.15) is 0 Å². The van der Waals surface area contributed by atoms with Gasteiger partial charge in [0, 0.05) is 25.7 Å². The van der Waals surface area contributed by atoms with Gasteiger partial charge in [0.2, 0.25) is 15.9 Å². The van der Waals surface area contributed by atoms with Gasteiger partial charge in [0.05, 0.1) is 31.2 Å². The molecule has 1 aliphatic rings. The number of ether oxygens (including phenoxy) is 2. The van der Waals surface area contributed by atoms with Crippen LogP contribution in [0.1, 0.15) is 23.2 Å². The van der Waals surface area contributed by atoms with Crippen LogP contribution in [0.4, 0.5) is 5.69 Å². The molecule has 0 saturated carbocycles. The van der Waals surface area contributed by atoms with Crippen LogP contribution in [0, 0.1) is 5.92 Å². The number of anilines is 1. The summed E-state index contributed by atoms with van der Waals surface area (Å²) < 4.78 is 35.2. The van der Waals surface area contributed by atoms with Crippen LogP contribution >= 0.6 is 0 Å². The summed E-state index contributed by atoms with van der Waals surface area (Å²) in [5, 5.41) is 2.79. The van der Waals surface area contributed by atoms with E-state index in [9.17, 15) is 18.0 Å². The van der Waals surface area contributed by atoms with Gasteiger partial charge < -0.3 is 14.8 Å². The number of carbonyl (C=O) groups is 2. The number of methoxy groups -OCH3 is 1. The van der Waals surface area contributed by atoms with Crippen LogP contribution in [0.5, 0.6) is 0 Å². The maximum absolute atomic E-state index is 12.1. The van der Waals surface area contributed by atoms with Gasteiger partial charge in [0.15, 0.2) is 0 Å². The van der Waals surface area contributed by atoms with E-state index in [2.05, 4.69) is 10.1 Å². The Morgan fingerprint density at radius 3 is 2.38 bits per heavy atom. The largest absolute Gasteiger partial charge is 0.465 e. The summed E-state index contributed by atoms with van der Waals surface area (Å²) in [6.07, 6.45) is 2.45. The number of benzene rings is 1. The van der Waals surface area contributed by atoms with Crippen LogP contribution in [-0.2, 0) is 24.3 Å². The van der Waals surface area contributed by atoms with Crippen molar-refractivity contribution in [3.8, 4) is 0 Å². The lowest BCUT2D eigenvalue weighted by Gasteiger charge is -2.24. The van der Waals surface area contributed by atoms with Gasteiger partial charge >= 0.3 is 5.97 Å². The Balaban J connectivity index is 1.99. The average molecular weight is 384 g/mol. The first-order chi connectivity index (χ1) is 12.3. The zero-order valence-corrected chi connectivity index (χ0v) is 15.8. The maximum Gasteiger partial charge on any atom is 0.337 e. The van der Waals surface area contributed by atoms with Crippen LogP contribution in [-0.4, -0.2) is 60.0 Å². The van der Waals surface area contributed by atoms with Gasteiger partial charge in [-0.1, -0.05) is 0 Å². The van der Waals surface area contributed by atoms with E-state index < -0.39 is 16.0 Å². The van der Waals surface area contributed by atoms with Crippen molar-refractivity contribution in [3.63, 3.8) is 0 Å². The second-order valence-corrected chi connectivity index (χ2v) is 7.96. The molecule has 2 rings (SSSR count). The van der Waals surface area contributed by atoms with Crippen LogP contribution in [0.15, 0.2) is 24.3 Å². The first-order valence-electron chi connectivity index (χ1n) is 8.34. The number of sulfonamides is 1. The Labute approximate surface area is 153 Å². The molecule has 9 heteroatoms. The molecule has 26 heavy (non-hydrogen) atoms. The lowest BCUT2D eigenvalue weighted by molar-refractivity contribution is -0.127. The van der Waals surface area contributed by atoms with E-state index in [0.717, 1.165) is 6.26 Å². The van der Waals surface area contributed by atoms with Gasteiger partial charge in [-0.2, -0.15) is 0 Å². The molecule has 1 aliphatic heterocycles. The number of carbonyl (C=O) groups excluding carboxylic acids is 2. The van der Waals surface area contributed by atoms with Crippen molar-refractivity contribution in [2.75, 3.05) is 44.0 Å². The van der Waals surface area contributed by atoms with E-state index in [1.165, 1.54) is 35.7 Å². The van der Waals surface area contributed by atoms with Gasteiger partial charge in [0.25, 0.3) is 0 Å². The molecule has 1 aromatic rings. The average Bonchev–Trinajstić information content (AvgIpc) is 2.64. The highest BCUT2D eigenvalue weighted by Crippen LogP contribution is 2.19. The second-order valence-electron chi connectivity index (χ2n) is 6.05. The molecule has 0 bridgehead atoms. The third-order valence-electron chi connectivity index (χ3n) is 4.18. The highest BCUT2D eigenvalue weighted by atomic mass is 32.2. The molecule has 0 aromatic heterocycles. The smallest absolute Gasteiger partial charge is 0.337 e. The number of hydrogen-bond donors (Lipinski definition) is 1. The Bertz CT molecular complexity index is 726. The first kappa shape index (κ1) is 20.2. The Kier molecular flexibility index (Phi) is 6.98. The van der Waals surface area contributed by atoms with Crippen LogP contribution in [0.25, 0.3) is 0 Å². The third-order valence-corrected chi connectivity index (χ3v) is 5.38. The molecule has 1 amide bonds. The Hall–Kier alpha value is -2.13. The predicted molar refractivity (Wildman–Crippen MR) is 96.5 cm³/mol. The van der Waals surface area contributed by atoms with Gasteiger partial charge in [-0.05, 0) is 37.1 Å². The lowest BCUT2D eigenvalue weighted by Crippen LogP contribution is -2.41. The van der Waals surface area contributed by atoms with Crippen LogP contribution in [0.2, 0.25) is 0 Å². The minimum absolute atomic E-state index is 0.0807. The number of amides is 1. The monoisotopic (exact) mass is 384 g/mol. The van der Waals surface area contributed by atoms with Crippen molar-refractivity contribution < 1.29 is 27.5 Å². The van der Waals surface area contributed by atoms with Crippen molar-refractivity contribution >= 4 is 27.6 Å². The van der Waals surface area contributed by atoms with E-state index in [1.54, 1.807) is 0 Å². The number of hydrogen-bond acceptors (Lipinski definition) is 6. The molecule has 0 unspecified atom stereocenters. The molecule has 1 saturated heterocycles. The quantitative estimate of drug-likeness (QED) is 0.697. The predicted octanol–water partition coefficient (Wildman–Crippen LogP) is 0.782. The standard InChI is InChI=1S/C17H24N2O6S/c1-24-17(21)14-3-5-15(6-4-14)19(26(2,22)23)10-9-18-16(20)13-7-11-25-12-8-13/h3-6,13H,7-12H2,1-2H3,(H,18,20). The molecule has 0 aliphatic carbocycles. The summed E-state index contributed by atoms with van der Waals surface area (Å²) in [5.41, 5.74) is 0.748. The molecule has 1 fully saturated rings. The molecule has 0 radical (unpaired) electrons. The Morgan fingerprint density at radius 1 is 1.23 bits per heavy atom. The normalized spacial score (nSPS) is 15.3. The van der Waals surface area contributed by atoms with Crippen LogP contribution in [0.3, 0.4) is 0 Å². The molecule has 8 nitrogen and oxygen atoms in total. The fourth-order valence-corrected chi connectivity index (χ4v) is 3.68. The van der Waals surface area contributed by atoms with E-state index in [0.29, 0.717) is 37.3 Å². The zero-order valence-electron chi connectivity index (χ0n) is 14.9. The molecular weight excluding hydrogens is 360 g/mol. The topological polar surface area (TPSA) is 102 Å². The summed E-state index contributed by atoms with van der Waals surface area (Å²) in [6.45, 7) is 1.44. The van der Waals surface area contributed by atoms with Gasteiger partial charge in [-0.25, -0.2) is 13.2 Å². The van der Waals surface area contributed by atoms with Crippen molar-refractivity contribution in [3.05, 3.63) is 29.8 Å². The van der Waals surface area contributed by atoms with E-state index in [1.807, 2.05) is 0 Å². The minimum Gasteiger partial charge on any atom is -0.465 e. The lowest BCUT2D eigenvalue weighted by atomic mass is 9.99. The minimum atomic E-state index is -3.53. The second kappa shape index (κ2) is 9.00. The molecule has 0 spiro atoms. The Morgan fingerprint density at radius 2 is 1.85 bits per heavy atom. The fraction of sp³-hybridized carbons (Fsp3) is 0.529. The van der Waals surface area contributed by atoms with Crippen LogP contribution < -0.4 is 9.62 Å². The van der Waals surface area contributed by atoms with E-state index >= 15 is 0 Å². The van der Waals surface area contributed by atoms with E-state index in [4.69, 9.17) is 4.74 Å². The molecule has 1 N–H and O–H groups in total. The molecular formula is C17H24N2O6S. The first-order valence-corrected chi connectivity index (χ1v) is 10.2. The summed E-state index contributed by atoms with van der Waals surface area (Å²) in [5.74, 6) is -0.663.